The van der Waals surface area contributed by atoms with Crippen LogP contribution in [0.5, 0.6) is 0 Å². The summed E-state index contributed by atoms with van der Waals surface area (Å²) in [6.45, 7) is 1.75. The van der Waals surface area contributed by atoms with E-state index in [0.717, 1.165) is 0 Å². The number of tetrazole rings is 1. The number of benzene rings is 2. The molecule has 2 aromatic carbocycles. The van der Waals surface area contributed by atoms with Crippen molar-refractivity contribution in [2.45, 2.75) is 11.8 Å². The molecule has 12 heteroatoms. The van der Waals surface area contributed by atoms with Gasteiger partial charge in [0.1, 0.15) is 4.90 Å². The van der Waals surface area contributed by atoms with Crippen molar-refractivity contribution in [1.29, 1.82) is 0 Å². The molecule has 0 saturated heterocycles. The normalized spacial score (nSPS) is 11.6. The number of hydrogen-bond acceptors (Lipinski definition) is 7. The van der Waals surface area contributed by atoms with Gasteiger partial charge in [-0.15, -0.1) is 5.10 Å². The maximum atomic E-state index is 12.7. The molecule has 3 rings (SSSR count). The third-order valence-electron chi connectivity index (χ3n) is 4.04. The zero-order chi connectivity index (χ0) is 21.2. The predicted molar refractivity (Wildman–Crippen MR) is 105 cm³/mol. The maximum absolute atomic E-state index is 12.7. The first-order chi connectivity index (χ1) is 13.7. The van der Waals surface area contributed by atoms with Crippen molar-refractivity contribution < 1.29 is 18.0 Å². The smallest absolute Gasteiger partial charge is 0.266 e. The highest BCUT2D eigenvalue weighted by molar-refractivity contribution is 7.89. The number of hydroxylamine groups is 1. The van der Waals surface area contributed by atoms with Crippen molar-refractivity contribution in [1.82, 2.24) is 24.7 Å². The molecule has 1 aromatic heterocycles. The summed E-state index contributed by atoms with van der Waals surface area (Å²) >= 11 is 6.02. The van der Waals surface area contributed by atoms with E-state index in [-0.39, 0.29) is 15.5 Å². The molecule has 0 radical (unpaired) electrons. The molecule has 1 heterocycles. The highest BCUT2D eigenvalue weighted by atomic mass is 35.5. The van der Waals surface area contributed by atoms with E-state index in [1.807, 2.05) is 0 Å². The zero-order valence-corrected chi connectivity index (χ0v) is 17.3. The van der Waals surface area contributed by atoms with Crippen LogP contribution in [0.4, 0.5) is 5.69 Å². The van der Waals surface area contributed by atoms with Crippen molar-refractivity contribution in [3.8, 4) is 5.69 Å². The number of halogens is 1. The molecule has 0 spiro atoms. The molecule has 0 aliphatic heterocycles. The van der Waals surface area contributed by atoms with Crippen LogP contribution in [0.3, 0.4) is 0 Å². The van der Waals surface area contributed by atoms with Crippen molar-refractivity contribution in [3.63, 3.8) is 0 Å². The number of sulfonamides is 1. The Kier molecular flexibility index (Phi) is 5.94. The first-order valence-corrected chi connectivity index (χ1v) is 10.0. The molecular formula is C17H17ClN6O4S. The van der Waals surface area contributed by atoms with E-state index < -0.39 is 15.9 Å². The minimum Gasteiger partial charge on any atom is -0.322 e. The lowest BCUT2D eigenvalue weighted by atomic mass is 10.2. The van der Waals surface area contributed by atoms with E-state index in [1.54, 1.807) is 31.2 Å². The molecule has 1 N–H and O–H groups in total. The summed E-state index contributed by atoms with van der Waals surface area (Å²) in [5.74, 6) is 0.0760. The Balaban J connectivity index is 1.89. The molecule has 1 amide bonds. The Bertz CT molecular complexity index is 1160. The average Bonchev–Trinajstić information content (AvgIpc) is 3.13. The fourth-order valence-electron chi connectivity index (χ4n) is 2.47. The van der Waals surface area contributed by atoms with E-state index >= 15 is 0 Å². The highest BCUT2D eigenvalue weighted by Gasteiger charge is 2.25. The summed E-state index contributed by atoms with van der Waals surface area (Å²) in [6.07, 6.45) is 0. The number of hydrogen-bond donors (Lipinski definition) is 1. The van der Waals surface area contributed by atoms with Gasteiger partial charge >= 0.3 is 0 Å². The number of nitrogens with zero attached hydrogens (tertiary/aromatic N) is 5. The van der Waals surface area contributed by atoms with Gasteiger partial charge in [-0.05, 0) is 53.7 Å². The lowest BCUT2D eigenvalue weighted by Gasteiger charge is -2.16. The topological polar surface area (TPSA) is 119 Å². The van der Waals surface area contributed by atoms with Crippen molar-refractivity contribution >= 4 is 33.2 Å². The van der Waals surface area contributed by atoms with Gasteiger partial charge in [0.05, 0.1) is 17.8 Å². The number of amides is 1. The van der Waals surface area contributed by atoms with Gasteiger partial charge in [-0.1, -0.05) is 22.1 Å². The second-order valence-electron chi connectivity index (χ2n) is 5.88. The molecule has 3 aromatic rings. The third-order valence-corrected chi connectivity index (χ3v) is 6.20. The van der Waals surface area contributed by atoms with E-state index in [0.29, 0.717) is 21.7 Å². The Morgan fingerprint density at radius 1 is 1.24 bits per heavy atom. The standard InChI is InChI=1S/C17H17ClN6O4S/c1-11-20-21-22-24(11)14-6-4-5-13(10-14)19-17(25)12-7-8-15(18)16(9-12)29(26,27)23(2)28-3/h4-10H,1-3H3,(H,19,25). The Morgan fingerprint density at radius 2 is 2.00 bits per heavy atom. The quantitative estimate of drug-likeness (QED) is 0.587. The van der Waals surface area contributed by atoms with Gasteiger partial charge in [0.25, 0.3) is 15.9 Å². The Labute approximate surface area is 172 Å². The van der Waals surface area contributed by atoms with E-state index in [2.05, 4.69) is 20.8 Å². The van der Waals surface area contributed by atoms with Gasteiger partial charge in [0.15, 0.2) is 5.82 Å². The summed E-state index contributed by atoms with van der Waals surface area (Å²) in [4.78, 5) is 17.2. The van der Waals surface area contributed by atoms with Crippen LogP contribution >= 0.6 is 11.6 Å². The maximum Gasteiger partial charge on any atom is 0.266 e. The molecule has 0 saturated carbocycles. The Morgan fingerprint density at radius 3 is 2.66 bits per heavy atom. The second kappa shape index (κ2) is 8.25. The van der Waals surface area contributed by atoms with Crippen molar-refractivity contribution in [3.05, 3.63) is 58.9 Å². The molecule has 0 aliphatic rings. The largest absolute Gasteiger partial charge is 0.322 e. The van der Waals surface area contributed by atoms with Crippen LogP contribution in [0, 0.1) is 6.92 Å². The summed E-state index contributed by atoms with van der Waals surface area (Å²) in [5.41, 5.74) is 1.25. The average molecular weight is 437 g/mol. The van der Waals surface area contributed by atoms with Gasteiger partial charge in [0.2, 0.25) is 0 Å². The third kappa shape index (κ3) is 4.27. The van der Waals surface area contributed by atoms with Crippen LogP contribution in [0.25, 0.3) is 5.69 Å². The van der Waals surface area contributed by atoms with Gasteiger partial charge in [0, 0.05) is 18.3 Å². The number of rotatable bonds is 6. The van der Waals surface area contributed by atoms with Gasteiger partial charge < -0.3 is 5.32 Å². The summed E-state index contributed by atoms with van der Waals surface area (Å²) in [6, 6.07) is 10.9. The van der Waals surface area contributed by atoms with Gasteiger partial charge in [-0.25, -0.2) is 8.42 Å². The molecule has 0 atom stereocenters. The van der Waals surface area contributed by atoms with Gasteiger partial charge in [-0.3, -0.25) is 9.63 Å². The molecule has 152 valence electrons. The number of anilines is 1. The molecule has 0 aliphatic carbocycles. The summed E-state index contributed by atoms with van der Waals surface area (Å²) in [7, 11) is -1.58. The fraction of sp³-hybridized carbons (Fsp3) is 0.176. The first-order valence-electron chi connectivity index (χ1n) is 8.23. The highest BCUT2D eigenvalue weighted by Crippen LogP contribution is 2.26. The molecule has 0 fully saturated rings. The Hall–Kier alpha value is -2.86. The second-order valence-corrected chi connectivity index (χ2v) is 8.20. The summed E-state index contributed by atoms with van der Waals surface area (Å²) in [5, 5.41) is 14.0. The van der Waals surface area contributed by atoms with Crippen molar-refractivity contribution in [2.24, 2.45) is 0 Å². The summed E-state index contributed by atoms with van der Waals surface area (Å²) < 4.78 is 27.2. The minimum atomic E-state index is -4.02. The number of aromatic nitrogens is 4. The molecule has 10 nitrogen and oxygen atoms in total. The lowest BCUT2D eigenvalue weighted by molar-refractivity contribution is -0.0258. The van der Waals surface area contributed by atoms with E-state index in [4.69, 9.17) is 16.4 Å². The predicted octanol–water partition coefficient (Wildman–Crippen LogP) is 2.06. The van der Waals surface area contributed by atoms with Gasteiger partial charge in [-0.2, -0.15) is 4.68 Å². The minimum absolute atomic E-state index is 0.0263. The monoisotopic (exact) mass is 436 g/mol. The van der Waals surface area contributed by atoms with Crippen LogP contribution in [0.1, 0.15) is 16.2 Å². The van der Waals surface area contributed by atoms with E-state index in [1.165, 1.54) is 37.0 Å². The SMILES string of the molecule is CON(C)S(=O)(=O)c1cc(C(=O)Nc2cccc(-n3nnnc3C)c2)ccc1Cl. The van der Waals surface area contributed by atoms with Crippen LogP contribution in [0.2, 0.25) is 5.02 Å². The zero-order valence-electron chi connectivity index (χ0n) is 15.7. The number of aryl methyl sites for hydroxylation is 1. The first kappa shape index (κ1) is 20.9. The number of nitrogens with one attached hydrogen (secondary N) is 1. The van der Waals surface area contributed by atoms with Crippen LogP contribution in [-0.4, -0.2) is 53.2 Å². The van der Waals surface area contributed by atoms with Crippen LogP contribution < -0.4 is 5.32 Å². The van der Waals surface area contributed by atoms with Crippen molar-refractivity contribution in [2.75, 3.05) is 19.5 Å². The van der Waals surface area contributed by atoms with Crippen LogP contribution in [-0.2, 0) is 14.9 Å². The molecular weight excluding hydrogens is 420 g/mol. The fourth-order valence-corrected chi connectivity index (χ4v) is 3.94. The lowest BCUT2D eigenvalue weighted by Crippen LogP contribution is -2.26. The van der Waals surface area contributed by atoms with Crippen LogP contribution in [0.15, 0.2) is 47.4 Å². The number of carbonyl (C=O) groups is 1. The molecule has 0 bridgehead atoms. The molecule has 29 heavy (non-hydrogen) atoms. The molecule has 0 unspecified atom stereocenters. The van der Waals surface area contributed by atoms with E-state index in [9.17, 15) is 13.2 Å². The number of carbonyl (C=O) groups excluding carboxylic acids is 1.